The van der Waals surface area contributed by atoms with Crippen LogP contribution in [0.3, 0.4) is 0 Å². The molecule has 0 spiro atoms. The van der Waals surface area contributed by atoms with Gasteiger partial charge >= 0.3 is 0 Å². The molecule has 9 rings (SSSR count). The highest BCUT2D eigenvalue weighted by Gasteiger charge is 2.16. The summed E-state index contributed by atoms with van der Waals surface area (Å²) in [6.07, 6.45) is 0. The van der Waals surface area contributed by atoms with E-state index < -0.39 is 0 Å². The molecule has 2 N–H and O–H groups in total. The lowest BCUT2D eigenvalue weighted by molar-refractivity contribution is 1.32. The Morgan fingerprint density at radius 1 is 0.364 bits per heavy atom. The van der Waals surface area contributed by atoms with Gasteiger partial charge in [-0.3, -0.25) is 0 Å². The molecule has 6 heterocycles. The number of fused-ring (bicyclic) bond motifs is 19. The van der Waals surface area contributed by atoms with Crippen LogP contribution in [-0.4, -0.2) is 29.9 Å². The van der Waals surface area contributed by atoms with E-state index in [0.717, 1.165) is 82.8 Å². The highest BCUT2D eigenvalue weighted by molar-refractivity contribution is 6.08. The molecule has 6 heteroatoms. The molecule has 1 aliphatic rings. The molecule has 206 valence electrons. The quantitative estimate of drug-likeness (QED) is 0.192. The topological polar surface area (TPSA) is 83.1 Å². The van der Waals surface area contributed by atoms with E-state index in [1.54, 1.807) is 0 Å². The molecule has 1 aliphatic heterocycles. The second-order valence-electron chi connectivity index (χ2n) is 11.0. The minimum absolute atomic E-state index is 0.629. The molecule has 3 aromatic carbocycles. The fourth-order valence-electron chi connectivity index (χ4n) is 6.15. The van der Waals surface area contributed by atoms with Gasteiger partial charge in [-0.2, -0.15) is 0 Å². The van der Waals surface area contributed by atoms with Gasteiger partial charge in [0.05, 0.1) is 27.9 Å². The predicted molar refractivity (Wildman–Crippen MR) is 180 cm³/mol. The van der Waals surface area contributed by atoms with E-state index in [2.05, 4.69) is 94.9 Å². The van der Waals surface area contributed by atoms with E-state index in [-0.39, 0.29) is 0 Å². The van der Waals surface area contributed by atoms with Crippen molar-refractivity contribution in [1.82, 2.24) is 29.9 Å². The lowest BCUT2D eigenvalue weighted by atomic mass is 10.0. The first-order valence-electron chi connectivity index (χ1n) is 14.6. The highest BCUT2D eigenvalue weighted by atomic mass is 14.9. The molecule has 0 saturated carbocycles. The summed E-state index contributed by atoms with van der Waals surface area (Å²) < 4.78 is 0. The molecule has 0 fully saturated rings. The molecular weight excluding hydrogens is 540 g/mol. The van der Waals surface area contributed by atoms with Gasteiger partial charge in [0.2, 0.25) is 0 Å². The van der Waals surface area contributed by atoms with E-state index in [1.165, 1.54) is 0 Å². The Labute approximate surface area is 251 Å². The molecule has 0 radical (unpaired) electrons. The SMILES string of the molecule is c1ccc2c(c1)-c1cc3cccc(cc4[nH]c(cc5cccc(n5)nc5[nH]c(cc-2n1)c1ccccc51)c1ccccc41)n3. The molecular formula is C38H24N6. The number of hydrogen-bond acceptors (Lipinski definition) is 4. The van der Waals surface area contributed by atoms with Gasteiger partial charge in [0, 0.05) is 49.2 Å². The lowest BCUT2D eigenvalue weighted by Gasteiger charge is -1.97. The average Bonchev–Trinajstić information content (AvgIpc) is 3.69. The van der Waals surface area contributed by atoms with Crippen LogP contribution in [0.25, 0.3) is 88.5 Å². The van der Waals surface area contributed by atoms with Crippen molar-refractivity contribution in [3.8, 4) is 22.5 Å². The molecule has 5 aromatic heterocycles. The molecule has 0 amide bonds. The number of hydrogen-bond donors (Lipinski definition) is 2. The predicted octanol–water partition coefficient (Wildman–Crippen LogP) is 9.30. The Kier molecular flexibility index (Phi) is 5.40. The van der Waals surface area contributed by atoms with Crippen LogP contribution in [0, 0.1) is 0 Å². The summed E-state index contributed by atoms with van der Waals surface area (Å²) in [6.45, 7) is 0. The number of nitrogens with zero attached hydrogens (tertiary/aromatic N) is 4. The summed E-state index contributed by atoms with van der Waals surface area (Å²) in [4.78, 5) is 27.2. The molecule has 44 heavy (non-hydrogen) atoms. The van der Waals surface area contributed by atoms with Gasteiger partial charge in [-0.1, -0.05) is 84.9 Å². The van der Waals surface area contributed by atoms with Gasteiger partial charge in [0.1, 0.15) is 5.65 Å². The minimum atomic E-state index is 0.629. The van der Waals surface area contributed by atoms with Crippen LogP contribution < -0.4 is 0 Å². The first-order chi connectivity index (χ1) is 21.7. The number of pyridine rings is 2. The Bertz CT molecular complexity index is 2630. The second-order valence-corrected chi connectivity index (χ2v) is 11.0. The van der Waals surface area contributed by atoms with Gasteiger partial charge in [-0.15, -0.1) is 0 Å². The van der Waals surface area contributed by atoms with Crippen molar-refractivity contribution < 1.29 is 0 Å². The number of aromatic amines is 2. The zero-order chi connectivity index (χ0) is 29.0. The van der Waals surface area contributed by atoms with Crippen molar-refractivity contribution in [2.24, 2.45) is 0 Å². The Morgan fingerprint density at radius 3 is 1.59 bits per heavy atom. The van der Waals surface area contributed by atoms with Crippen LogP contribution in [0.15, 0.2) is 133 Å². The third kappa shape index (κ3) is 4.12. The van der Waals surface area contributed by atoms with Crippen LogP contribution in [0.5, 0.6) is 0 Å². The van der Waals surface area contributed by atoms with E-state index in [1.807, 2.05) is 48.5 Å². The summed E-state index contributed by atoms with van der Waals surface area (Å²) in [5.74, 6) is 0. The normalized spacial score (nSPS) is 11.6. The number of rotatable bonds is 0. The molecule has 0 aliphatic carbocycles. The third-order valence-corrected chi connectivity index (χ3v) is 8.15. The van der Waals surface area contributed by atoms with E-state index in [9.17, 15) is 0 Å². The van der Waals surface area contributed by atoms with Crippen LogP contribution in [0.2, 0.25) is 0 Å². The number of H-pyrrole nitrogens is 2. The van der Waals surface area contributed by atoms with Crippen LogP contribution in [0.1, 0.15) is 0 Å². The van der Waals surface area contributed by atoms with Crippen molar-refractivity contribution in [1.29, 1.82) is 0 Å². The monoisotopic (exact) mass is 564 g/mol. The van der Waals surface area contributed by atoms with Gasteiger partial charge < -0.3 is 9.97 Å². The first-order valence-corrected chi connectivity index (χ1v) is 14.6. The molecule has 6 nitrogen and oxygen atoms in total. The average molecular weight is 565 g/mol. The standard InChI is InChI=1S/C38H24N6/c1-2-13-27-26(12-1)32-19-23-9-7-10-24(39-23)20-33-28-14-3-4-15-29(28)35(42-33)22-36-30-16-5-6-17-31(30)38(43-36)44-37-18-8-11-25(40-37)21-34(27)41-32/h1-22,41H,(H,40,43,44). The summed E-state index contributed by atoms with van der Waals surface area (Å²) in [6, 6.07) is 45.4. The van der Waals surface area contributed by atoms with Crippen LogP contribution in [0.4, 0.5) is 0 Å². The second kappa shape index (κ2) is 9.71. The van der Waals surface area contributed by atoms with Crippen LogP contribution >= 0.6 is 0 Å². The molecule has 0 atom stereocenters. The number of benzene rings is 3. The smallest absolute Gasteiger partial charge is 0.154 e. The fraction of sp³-hybridized carbons (Fsp3) is 0. The number of aromatic nitrogens is 6. The maximum absolute atomic E-state index is 5.11. The minimum Gasteiger partial charge on any atom is -0.354 e. The summed E-state index contributed by atoms with van der Waals surface area (Å²) in [5, 5.41) is 4.34. The number of nitrogens with one attached hydrogen (secondary N) is 2. The Hall–Kier alpha value is -6.14. The van der Waals surface area contributed by atoms with Gasteiger partial charge in [-0.25, -0.2) is 19.9 Å². The summed E-state index contributed by atoms with van der Waals surface area (Å²) in [7, 11) is 0. The zero-order valence-electron chi connectivity index (χ0n) is 23.5. The zero-order valence-corrected chi connectivity index (χ0v) is 23.5. The van der Waals surface area contributed by atoms with Gasteiger partial charge in [0.25, 0.3) is 0 Å². The largest absolute Gasteiger partial charge is 0.354 e. The van der Waals surface area contributed by atoms with Crippen molar-refractivity contribution >= 4 is 65.9 Å². The van der Waals surface area contributed by atoms with E-state index >= 15 is 0 Å². The van der Waals surface area contributed by atoms with E-state index in [0.29, 0.717) is 5.65 Å². The summed E-state index contributed by atoms with van der Waals surface area (Å²) in [5.41, 5.74) is 10.8. The van der Waals surface area contributed by atoms with Gasteiger partial charge in [-0.05, 0) is 48.5 Å². The Morgan fingerprint density at radius 2 is 0.886 bits per heavy atom. The summed E-state index contributed by atoms with van der Waals surface area (Å²) >= 11 is 0. The van der Waals surface area contributed by atoms with Gasteiger partial charge in [0.15, 0.2) is 5.65 Å². The maximum Gasteiger partial charge on any atom is 0.154 e. The molecule has 10 bridgehead atoms. The van der Waals surface area contributed by atoms with E-state index in [4.69, 9.17) is 19.9 Å². The molecule has 0 unspecified atom stereocenters. The first kappa shape index (κ1) is 24.5. The van der Waals surface area contributed by atoms with Crippen molar-refractivity contribution in [2.75, 3.05) is 0 Å². The molecule has 8 aromatic rings. The van der Waals surface area contributed by atoms with Crippen molar-refractivity contribution in [2.45, 2.75) is 0 Å². The fourth-order valence-corrected chi connectivity index (χ4v) is 6.15. The lowest BCUT2D eigenvalue weighted by Crippen LogP contribution is -1.80. The molecule has 0 saturated heterocycles. The Balaban J connectivity index is 1.46. The van der Waals surface area contributed by atoms with Crippen molar-refractivity contribution in [3.05, 3.63) is 133 Å². The highest BCUT2D eigenvalue weighted by Crippen LogP contribution is 2.36. The third-order valence-electron chi connectivity index (χ3n) is 8.15. The maximum atomic E-state index is 5.11. The van der Waals surface area contributed by atoms with Crippen molar-refractivity contribution in [3.63, 3.8) is 0 Å². The van der Waals surface area contributed by atoms with Crippen LogP contribution in [-0.2, 0) is 0 Å².